The average Bonchev–Trinajstić information content (AvgIpc) is 3.32. The van der Waals surface area contributed by atoms with Crippen LogP contribution in [0.15, 0.2) is 47.0 Å². The highest BCUT2D eigenvalue weighted by Gasteiger charge is 2.27. The molecule has 0 radical (unpaired) electrons. The summed E-state index contributed by atoms with van der Waals surface area (Å²) in [5.41, 5.74) is 1.97. The van der Waals surface area contributed by atoms with E-state index in [0.29, 0.717) is 47.6 Å². The lowest BCUT2D eigenvalue weighted by Crippen LogP contribution is -2.40. The van der Waals surface area contributed by atoms with Gasteiger partial charge in [-0.25, -0.2) is 0 Å². The molecule has 1 aromatic heterocycles. The number of aromatic nitrogens is 2. The monoisotopic (exact) mass is 464 g/mol. The maximum absolute atomic E-state index is 12.9. The van der Waals surface area contributed by atoms with E-state index >= 15 is 0 Å². The fraction of sp³-hybridized carbons (Fsp3) is 0.360. The van der Waals surface area contributed by atoms with Crippen LogP contribution >= 0.6 is 0 Å². The molecule has 9 heteroatoms. The molecule has 0 spiro atoms. The number of nitrogens with zero attached hydrogens (tertiary/aromatic N) is 3. The minimum atomic E-state index is -0.164. The molecular formula is C25H28N4O5. The number of rotatable bonds is 8. The zero-order valence-electron chi connectivity index (χ0n) is 19.5. The lowest BCUT2D eigenvalue weighted by atomic mass is 9.97. The average molecular weight is 465 g/mol. The first kappa shape index (κ1) is 23.4. The molecule has 2 heterocycles. The van der Waals surface area contributed by atoms with Crippen LogP contribution in [0.1, 0.15) is 36.0 Å². The van der Waals surface area contributed by atoms with E-state index in [4.69, 9.17) is 14.0 Å². The second-order valence-electron chi connectivity index (χ2n) is 8.28. The number of Topliss-reactive ketones (excluding diaryl/α,β-unsaturated/α-hetero) is 1. The molecule has 34 heavy (non-hydrogen) atoms. The molecule has 1 N–H and O–H groups in total. The van der Waals surface area contributed by atoms with Crippen molar-refractivity contribution in [1.29, 1.82) is 0 Å². The summed E-state index contributed by atoms with van der Waals surface area (Å²) < 4.78 is 16.1. The van der Waals surface area contributed by atoms with E-state index in [1.807, 2.05) is 6.07 Å². The Morgan fingerprint density at radius 2 is 1.97 bits per heavy atom. The normalized spacial score (nSPS) is 16.1. The number of ketones is 1. The van der Waals surface area contributed by atoms with Crippen LogP contribution in [0.25, 0.3) is 11.4 Å². The summed E-state index contributed by atoms with van der Waals surface area (Å²) in [4.78, 5) is 31.1. The molecule has 1 atom stereocenters. The van der Waals surface area contributed by atoms with Crippen molar-refractivity contribution in [2.75, 3.05) is 32.6 Å². The molecule has 178 valence electrons. The van der Waals surface area contributed by atoms with Crippen LogP contribution < -0.4 is 14.8 Å². The van der Waals surface area contributed by atoms with E-state index in [2.05, 4.69) is 20.4 Å². The first-order valence-electron chi connectivity index (χ1n) is 11.2. The van der Waals surface area contributed by atoms with Crippen LogP contribution in [0.2, 0.25) is 0 Å². The van der Waals surface area contributed by atoms with Gasteiger partial charge >= 0.3 is 0 Å². The zero-order valence-corrected chi connectivity index (χ0v) is 19.5. The van der Waals surface area contributed by atoms with Crippen LogP contribution in [0.3, 0.4) is 0 Å². The van der Waals surface area contributed by atoms with Crippen molar-refractivity contribution < 1.29 is 23.6 Å². The fourth-order valence-electron chi connectivity index (χ4n) is 4.08. The number of carbonyl (C=O) groups excluding carboxylic acids is 2. The van der Waals surface area contributed by atoms with E-state index in [9.17, 15) is 9.59 Å². The molecule has 9 nitrogen and oxygen atoms in total. The van der Waals surface area contributed by atoms with Crippen LogP contribution in [-0.4, -0.2) is 54.0 Å². The Balaban J connectivity index is 1.38. The molecule has 3 aromatic rings. The van der Waals surface area contributed by atoms with E-state index < -0.39 is 0 Å². The topological polar surface area (TPSA) is 107 Å². The summed E-state index contributed by atoms with van der Waals surface area (Å²) in [6, 6.07) is 12.4. The van der Waals surface area contributed by atoms with Crippen LogP contribution in [-0.2, 0) is 11.3 Å². The van der Waals surface area contributed by atoms with Gasteiger partial charge < -0.3 is 19.3 Å². The molecule has 0 aliphatic carbocycles. The second kappa shape index (κ2) is 10.5. The van der Waals surface area contributed by atoms with Crippen molar-refractivity contribution in [1.82, 2.24) is 15.0 Å². The lowest BCUT2D eigenvalue weighted by Gasteiger charge is -2.30. The number of piperidine rings is 1. The van der Waals surface area contributed by atoms with Gasteiger partial charge in [0, 0.05) is 23.4 Å². The van der Waals surface area contributed by atoms with Gasteiger partial charge in [0.2, 0.25) is 17.6 Å². The summed E-state index contributed by atoms with van der Waals surface area (Å²) >= 11 is 0. The Labute approximate surface area is 198 Å². The molecule has 0 saturated carbocycles. The molecular weight excluding hydrogens is 436 g/mol. The van der Waals surface area contributed by atoms with Crippen molar-refractivity contribution >= 4 is 17.4 Å². The Morgan fingerprint density at radius 3 is 2.74 bits per heavy atom. The highest BCUT2D eigenvalue weighted by Crippen LogP contribution is 2.31. The summed E-state index contributed by atoms with van der Waals surface area (Å²) in [6.45, 7) is 3.40. The summed E-state index contributed by atoms with van der Waals surface area (Å²) in [7, 11) is 3.16. The second-order valence-corrected chi connectivity index (χ2v) is 8.28. The van der Waals surface area contributed by atoms with E-state index in [0.717, 1.165) is 24.9 Å². The SMILES string of the molecule is COc1ccc(-c2noc(CN3CCCC(C(=O)Nc4cccc(C(C)=O)c4)C3)n2)cc1OC. The van der Waals surface area contributed by atoms with Gasteiger partial charge in [-0.2, -0.15) is 4.98 Å². The molecule has 1 fully saturated rings. The maximum Gasteiger partial charge on any atom is 0.241 e. The third-order valence-electron chi connectivity index (χ3n) is 5.88. The van der Waals surface area contributed by atoms with E-state index in [1.54, 1.807) is 50.6 Å². The predicted molar refractivity (Wildman–Crippen MR) is 126 cm³/mol. The minimum absolute atomic E-state index is 0.0352. The number of hydrogen-bond donors (Lipinski definition) is 1. The maximum atomic E-state index is 12.9. The third-order valence-corrected chi connectivity index (χ3v) is 5.88. The number of likely N-dealkylation sites (tertiary alicyclic amines) is 1. The molecule has 1 aliphatic rings. The van der Waals surface area contributed by atoms with Gasteiger partial charge in [0.15, 0.2) is 17.3 Å². The number of ether oxygens (including phenoxy) is 2. The molecule has 0 bridgehead atoms. The first-order valence-corrected chi connectivity index (χ1v) is 11.2. The summed E-state index contributed by atoms with van der Waals surface area (Å²) in [5.74, 6) is 1.91. The highest BCUT2D eigenvalue weighted by molar-refractivity contribution is 5.97. The molecule has 1 saturated heterocycles. The standard InChI is InChI=1S/C25H28N4O5/c1-16(30)17-6-4-8-20(12-17)26-25(31)19-7-5-11-29(14-19)15-23-27-24(28-34-23)18-9-10-21(32-2)22(13-18)33-3/h4,6,8-10,12-13,19H,5,7,11,14-15H2,1-3H3,(H,26,31). The number of carbonyl (C=O) groups is 2. The van der Waals surface area contributed by atoms with Gasteiger partial charge in [0.25, 0.3) is 0 Å². The molecule has 1 amide bonds. The molecule has 2 aromatic carbocycles. The van der Waals surface area contributed by atoms with Crippen molar-refractivity contribution in [2.45, 2.75) is 26.3 Å². The van der Waals surface area contributed by atoms with Gasteiger partial charge in [0.05, 0.1) is 26.7 Å². The van der Waals surface area contributed by atoms with Crippen molar-refractivity contribution in [2.24, 2.45) is 5.92 Å². The zero-order chi connectivity index (χ0) is 24.1. The number of hydrogen-bond acceptors (Lipinski definition) is 8. The van der Waals surface area contributed by atoms with Gasteiger partial charge in [-0.15, -0.1) is 0 Å². The van der Waals surface area contributed by atoms with Crippen LogP contribution in [0.4, 0.5) is 5.69 Å². The highest BCUT2D eigenvalue weighted by atomic mass is 16.5. The van der Waals surface area contributed by atoms with Crippen molar-refractivity contribution in [3.05, 3.63) is 53.9 Å². The minimum Gasteiger partial charge on any atom is -0.493 e. The largest absolute Gasteiger partial charge is 0.493 e. The number of anilines is 1. The Bertz CT molecular complexity index is 1180. The predicted octanol–water partition coefficient (Wildman–Crippen LogP) is 3.81. The van der Waals surface area contributed by atoms with Gasteiger partial charge in [-0.1, -0.05) is 17.3 Å². The van der Waals surface area contributed by atoms with Gasteiger partial charge in [-0.3, -0.25) is 14.5 Å². The van der Waals surface area contributed by atoms with Crippen molar-refractivity contribution in [3.63, 3.8) is 0 Å². The summed E-state index contributed by atoms with van der Waals surface area (Å²) in [6.07, 6.45) is 1.69. The Hall–Kier alpha value is -3.72. The van der Waals surface area contributed by atoms with Gasteiger partial charge in [0.1, 0.15) is 0 Å². The van der Waals surface area contributed by atoms with Crippen molar-refractivity contribution in [3.8, 4) is 22.9 Å². The van der Waals surface area contributed by atoms with Crippen LogP contribution in [0, 0.1) is 5.92 Å². The molecule has 1 unspecified atom stereocenters. The number of amides is 1. The van der Waals surface area contributed by atoms with Crippen LogP contribution in [0.5, 0.6) is 11.5 Å². The quantitative estimate of drug-likeness (QED) is 0.502. The number of methoxy groups -OCH3 is 2. The third kappa shape index (κ3) is 5.43. The fourth-order valence-corrected chi connectivity index (χ4v) is 4.08. The summed E-state index contributed by atoms with van der Waals surface area (Å²) in [5, 5.41) is 7.05. The molecule has 1 aliphatic heterocycles. The van der Waals surface area contributed by atoms with Gasteiger partial charge in [-0.05, 0) is 56.6 Å². The van der Waals surface area contributed by atoms with E-state index in [-0.39, 0.29) is 17.6 Å². The molecule has 4 rings (SSSR count). The number of benzene rings is 2. The first-order chi connectivity index (χ1) is 16.5. The number of nitrogens with one attached hydrogen (secondary N) is 1. The smallest absolute Gasteiger partial charge is 0.241 e. The van der Waals surface area contributed by atoms with E-state index in [1.165, 1.54) is 6.92 Å². The Morgan fingerprint density at radius 1 is 1.15 bits per heavy atom. The lowest BCUT2D eigenvalue weighted by molar-refractivity contribution is -0.121. The Kier molecular flexibility index (Phi) is 7.22.